The number of carbonyl (C=O) groups is 1. The summed E-state index contributed by atoms with van der Waals surface area (Å²) in [5.41, 5.74) is 3.73. The quantitative estimate of drug-likeness (QED) is 0.357. The highest BCUT2D eigenvalue weighted by molar-refractivity contribution is 6.35. The first-order valence-electron chi connectivity index (χ1n) is 10.4. The molecule has 3 nitrogen and oxygen atoms in total. The van der Waals surface area contributed by atoms with Gasteiger partial charge in [-0.1, -0.05) is 89.9 Å². The molecule has 3 aromatic rings. The molecule has 1 aliphatic heterocycles. The molecule has 0 N–H and O–H groups in total. The third kappa shape index (κ3) is 5.56. The maximum atomic E-state index is 13.5. The van der Waals surface area contributed by atoms with Crippen LogP contribution in [0.2, 0.25) is 10.0 Å². The molecule has 3 aromatic carbocycles. The predicted molar refractivity (Wildman–Crippen MR) is 129 cm³/mol. The molecule has 0 atom stereocenters. The predicted octanol–water partition coefficient (Wildman–Crippen LogP) is 5.88. The molecule has 4 rings (SSSR count). The third-order valence-corrected chi connectivity index (χ3v) is 6.08. The Labute approximate surface area is 193 Å². The van der Waals surface area contributed by atoms with Crippen LogP contribution in [0.1, 0.15) is 16.7 Å². The first-order chi connectivity index (χ1) is 15.1. The van der Waals surface area contributed by atoms with Gasteiger partial charge in [-0.15, -0.1) is 0 Å². The van der Waals surface area contributed by atoms with Crippen LogP contribution in [-0.2, 0) is 11.3 Å². The van der Waals surface area contributed by atoms with Gasteiger partial charge >= 0.3 is 0 Å². The van der Waals surface area contributed by atoms with E-state index in [1.54, 1.807) is 6.07 Å². The molecule has 0 radical (unpaired) electrons. The summed E-state index contributed by atoms with van der Waals surface area (Å²) in [5, 5.41) is 1.32. The van der Waals surface area contributed by atoms with E-state index >= 15 is 0 Å². The van der Waals surface area contributed by atoms with Crippen molar-refractivity contribution in [3.05, 3.63) is 106 Å². The van der Waals surface area contributed by atoms with Crippen molar-refractivity contribution in [2.24, 2.45) is 0 Å². The second-order valence-corrected chi connectivity index (χ2v) is 8.48. The van der Waals surface area contributed by atoms with Crippen LogP contribution in [0.25, 0.3) is 11.6 Å². The van der Waals surface area contributed by atoms with E-state index in [9.17, 15) is 4.79 Å². The Bertz CT molecular complexity index is 1060. The molecule has 1 heterocycles. The maximum Gasteiger partial charge on any atom is 0.254 e. The standard InChI is InChI=1S/C26H24Cl2N2O/c27-23-12-11-22(25(28)18-23)19-29-13-15-30(16-14-29)26(31)24(21-9-5-2-6-10-21)17-20-7-3-1-4-8-20/h1-12,17-18H,13-16,19H2/b24-17-. The lowest BCUT2D eigenvalue weighted by atomic mass is 10.0. The zero-order valence-corrected chi connectivity index (χ0v) is 18.7. The summed E-state index contributed by atoms with van der Waals surface area (Å²) in [6.07, 6.45) is 1.98. The van der Waals surface area contributed by atoms with E-state index < -0.39 is 0 Å². The van der Waals surface area contributed by atoms with Crippen LogP contribution < -0.4 is 0 Å². The highest BCUT2D eigenvalue weighted by atomic mass is 35.5. The molecule has 1 amide bonds. The van der Waals surface area contributed by atoms with E-state index in [2.05, 4.69) is 4.90 Å². The molecule has 158 valence electrons. The van der Waals surface area contributed by atoms with Crippen LogP contribution in [-0.4, -0.2) is 41.9 Å². The molecule has 0 spiro atoms. The van der Waals surface area contributed by atoms with Crippen LogP contribution >= 0.6 is 23.2 Å². The van der Waals surface area contributed by atoms with Crippen molar-refractivity contribution in [2.45, 2.75) is 6.54 Å². The van der Waals surface area contributed by atoms with Crippen molar-refractivity contribution < 1.29 is 4.79 Å². The molecular weight excluding hydrogens is 427 g/mol. The molecule has 0 unspecified atom stereocenters. The Morgan fingerprint density at radius 1 is 0.839 bits per heavy atom. The average Bonchev–Trinajstić information content (AvgIpc) is 2.81. The van der Waals surface area contributed by atoms with Crippen LogP contribution in [0.3, 0.4) is 0 Å². The van der Waals surface area contributed by atoms with Gasteiger partial charge in [0, 0.05) is 48.3 Å². The van der Waals surface area contributed by atoms with Crippen molar-refractivity contribution in [1.82, 2.24) is 9.80 Å². The highest BCUT2D eigenvalue weighted by Crippen LogP contribution is 2.24. The molecule has 5 heteroatoms. The molecule has 1 saturated heterocycles. The van der Waals surface area contributed by atoms with Gasteiger partial charge in [0.15, 0.2) is 0 Å². The summed E-state index contributed by atoms with van der Waals surface area (Å²) >= 11 is 12.3. The van der Waals surface area contributed by atoms with Gasteiger partial charge in [0.2, 0.25) is 0 Å². The summed E-state index contributed by atoms with van der Waals surface area (Å²) in [4.78, 5) is 17.7. The smallest absolute Gasteiger partial charge is 0.254 e. The number of hydrogen-bond donors (Lipinski definition) is 0. The van der Waals surface area contributed by atoms with Gasteiger partial charge in [-0.25, -0.2) is 0 Å². The maximum absolute atomic E-state index is 13.5. The summed E-state index contributed by atoms with van der Waals surface area (Å²) in [5.74, 6) is 0.0687. The van der Waals surface area contributed by atoms with E-state index in [-0.39, 0.29) is 5.91 Å². The first-order valence-corrected chi connectivity index (χ1v) is 11.1. The van der Waals surface area contributed by atoms with Gasteiger partial charge in [-0.3, -0.25) is 9.69 Å². The van der Waals surface area contributed by atoms with Crippen LogP contribution in [0.5, 0.6) is 0 Å². The van der Waals surface area contributed by atoms with E-state index in [1.165, 1.54) is 0 Å². The Kier molecular flexibility index (Phi) is 7.08. The van der Waals surface area contributed by atoms with Gasteiger partial charge in [0.1, 0.15) is 0 Å². The van der Waals surface area contributed by atoms with Crippen LogP contribution in [0.4, 0.5) is 0 Å². The summed E-state index contributed by atoms with van der Waals surface area (Å²) in [6.45, 7) is 3.73. The Hall–Kier alpha value is -2.59. The Balaban J connectivity index is 1.47. The molecule has 1 fully saturated rings. The van der Waals surface area contributed by atoms with Crippen molar-refractivity contribution in [3.63, 3.8) is 0 Å². The van der Waals surface area contributed by atoms with Crippen LogP contribution in [0, 0.1) is 0 Å². The number of rotatable bonds is 5. The summed E-state index contributed by atoms with van der Waals surface area (Å²) in [6, 6.07) is 25.5. The van der Waals surface area contributed by atoms with E-state index in [4.69, 9.17) is 23.2 Å². The number of carbonyl (C=O) groups excluding carboxylic acids is 1. The van der Waals surface area contributed by atoms with Gasteiger partial charge in [-0.2, -0.15) is 0 Å². The summed E-state index contributed by atoms with van der Waals surface area (Å²) in [7, 11) is 0. The Morgan fingerprint density at radius 2 is 1.48 bits per heavy atom. The zero-order valence-electron chi connectivity index (χ0n) is 17.2. The number of nitrogens with zero attached hydrogens (tertiary/aromatic N) is 2. The lowest BCUT2D eigenvalue weighted by Gasteiger charge is -2.35. The van der Waals surface area contributed by atoms with Crippen molar-refractivity contribution >= 4 is 40.8 Å². The lowest BCUT2D eigenvalue weighted by molar-refractivity contribution is -0.126. The number of amides is 1. The molecule has 31 heavy (non-hydrogen) atoms. The Morgan fingerprint density at radius 3 is 2.13 bits per heavy atom. The SMILES string of the molecule is O=C(/C(=C\c1ccccc1)c1ccccc1)N1CCN(Cc2ccc(Cl)cc2Cl)CC1. The van der Waals surface area contributed by atoms with Gasteiger partial charge in [0.05, 0.1) is 0 Å². The van der Waals surface area contributed by atoms with E-state index in [0.717, 1.165) is 41.9 Å². The number of hydrogen-bond acceptors (Lipinski definition) is 2. The minimum Gasteiger partial charge on any atom is -0.336 e. The number of piperazine rings is 1. The third-order valence-electron chi connectivity index (χ3n) is 5.49. The fraction of sp³-hybridized carbons (Fsp3) is 0.192. The first kappa shape index (κ1) is 21.6. The van der Waals surface area contributed by atoms with Crippen molar-refractivity contribution in [1.29, 1.82) is 0 Å². The topological polar surface area (TPSA) is 23.6 Å². The normalized spacial score (nSPS) is 15.2. The minimum atomic E-state index is 0.0687. The van der Waals surface area contributed by atoms with Gasteiger partial charge < -0.3 is 4.90 Å². The lowest BCUT2D eigenvalue weighted by Crippen LogP contribution is -2.48. The fourth-order valence-corrected chi connectivity index (χ4v) is 4.24. The molecule has 1 aliphatic rings. The van der Waals surface area contributed by atoms with E-state index in [0.29, 0.717) is 23.1 Å². The number of benzene rings is 3. The van der Waals surface area contributed by atoms with Crippen molar-refractivity contribution in [2.75, 3.05) is 26.2 Å². The average molecular weight is 451 g/mol. The monoisotopic (exact) mass is 450 g/mol. The molecule has 0 aromatic heterocycles. The molecule has 0 aliphatic carbocycles. The van der Waals surface area contributed by atoms with Gasteiger partial charge in [-0.05, 0) is 34.9 Å². The van der Waals surface area contributed by atoms with E-state index in [1.807, 2.05) is 83.8 Å². The van der Waals surface area contributed by atoms with Gasteiger partial charge in [0.25, 0.3) is 5.91 Å². The molecular formula is C26H24Cl2N2O. The highest BCUT2D eigenvalue weighted by Gasteiger charge is 2.24. The second-order valence-electron chi connectivity index (χ2n) is 7.64. The largest absolute Gasteiger partial charge is 0.336 e. The second kappa shape index (κ2) is 10.1. The van der Waals surface area contributed by atoms with Crippen molar-refractivity contribution in [3.8, 4) is 0 Å². The number of halogens is 2. The minimum absolute atomic E-state index is 0.0687. The molecule has 0 bridgehead atoms. The van der Waals surface area contributed by atoms with Crippen LogP contribution in [0.15, 0.2) is 78.9 Å². The molecule has 0 saturated carbocycles. The summed E-state index contributed by atoms with van der Waals surface area (Å²) < 4.78 is 0. The fourth-order valence-electron chi connectivity index (χ4n) is 3.77. The zero-order chi connectivity index (χ0) is 21.6.